The first kappa shape index (κ1) is 26.2. The van der Waals surface area contributed by atoms with Crippen LogP contribution in [-0.4, -0.2) is 66.2 Å². The fourth-order valence-electron chi connectivity index (χ4n) is 6.50. The van der Waals surface area contributed by atoms with Gasteiger partial charge in [0.1, 0.15) is 30.0 Å². The number of nitrogens with zero attached hydrogens (tertiary/aromatic N) is 4. The van der Waals surface area contributed by atoms with Gasteiger partial charge in [0, 0.05) is 6.42 Å². The molecule has 5 heterocycles. The molecule has 0 amide bonds. The van der Waals surface area contributed by atoms with Gasteiger partial charge in [-0.15, -0.1) is 0 Å². The summed E-state index contributed by atoms with van der Waals surface area (Å²) in [6.07, 6.45) is 0.682. The van der Waals surface area contributed by atoms with Crippen molar-refractivity contribution in [2.45, 2.75) is 114 Å². The molecule has 36 heavy (non-hydrogen) atoms. The van der Waals surface area contributed by atoms with E-state index in [2.05, 4.69) is 65.4 Å². The van der Waals surface area contributed by atoms with Crippen LogP contribution in [-0.2, 0) is 24.1 Å². The third kappa shape index (κ3) is 3.56. The molecule has 0 bridgehead atoms. The molecule has 3 aliphatic rings. The first-order chi connectivity index (χ1) is 16.9. The van der Waals surface area contributed by atoms with Crippen molar-refractivity contribution in [1.29, 1.82) is 0 Å². The summed E-state index contributed by atoms with van der Waals surface area (Å²) < 4.78 is 29.9. The molecule has 0 saturated carbocycles. The molecule has 0 unspecified atom stereocenters. The third-order valence-corrected chi connectivity index (χ3v) is 18.7. The Labute approximate surface area is 215 Å². The zero-order valence-electron chi connectivity index (χ0n) is 22.7. The highest BCUT2D eigenvalue weighted by atomic mass is 28.5. The first-order valence-corrected chi connectivity index (χ1v) is 17.2. The maximum atomic E-state index is 12.3. The summed E-state index contributed by atoms with van der Waals surface area (Å²) in [6.45, 7) is 17.8. The predicted octanol–water partition coefficient (Wildman–Crippen LogP) is 3.94. The van der Waals surface area contributed by atoms with E-state index in [0.29, 0.717) is 36.4 Å². The number of imidazole rings is 1. The quantitative estimate of drug-likeness (QED) is 0.560. The number of hydrogen-bond donors (Lipinski definition) is 2. The van der Waals surface area contributed by atoms with Crippen LogP contribution in [0.1, 0.15) is 73.9 Å². The van der Waals surface area contributed by atoms with Crippen LogP contribution in [0.5, 0.6) is 0 Å². The fourth-order valence-corrected chi connectivity index (χ4v) is 17.8. The van der Waals surface area contributed by atoms with E-state index in [1.807, 2.05) is 4.57 Å². The number of rotatable bonds is 4. The van der Waals surface area contributed by atoms with E-state index in [4.69, 9.17) is 28.4 Å². The molecule has 12 heteroatoms. The van der Waals surface area contributed by atoms with E-state index in [9.17, 15) is 5.11 Å². The van der Waals surface area contributed by atoms with Crippen LogP contribution in [0.3, 0.4) is 0 Å². The second kappa shape index (κ2) is 8.82. The van der Waals surface area contributed by atoms with Gasteiger partial charge in [0.05, 0.1) is 6.61 Å². The van der Waals surface area contributed by atoms with E-state index in [1.165, 1.54) is 6.33 Å². The maximum absolute atomic E-state index is 12.3. The van der Waals surface area contributed by atoms with Crippen LogP contribution < -0.4 is 5.73 Å². The highest BCUT2D eigenvalue weighted by molar-refractivity contribution is 6.84. The number of nitrogen functional groups attached to an aromatic ring is 1. The van der Waals surface area contributed by atoms with E-state index in [-0.39, 0.29) is 22.2 Å². The number of aromatic nitrogens is 4. The molecular formula is C24H41N5O5Si2. The Hall–Kier alpha value is -1.42. The monoisotopic (exact) mass is 535 g/mol. The highest BCUT2D eigenvalue weighted by Crippen LogP contribution is 2.53. The molecule has 10 nitrogen and oxygen atoms in total. The molecule has 2 aromatic heterocycles. The minimum atomic E-state index is -2.90. The van der Waals surface area contributed by atoms with E-state index in [1.54, 1.807) is 0 Å². The molecule has 5 rings (SSSR count). The lowest BCUT2D eigenvalue weighted by molar-refractivity contribution is -0.121. The standard InChI is InChI=1S/C24H41N5O5Si2/c1-13(2)35(14(3)4)31-11-17-20(33-36(34-35,15(5)6)16(7)8)24(30)10-9-18-28-19-21(25)26-12-27-22(19)29(18)23(24)32-17/h12-17,20,23,30H,9-11H2,1-8H3,(H2,25,26,27)/t17-,20-,23-,24-/m1/s1. The van der Waals surface area contributed by atoms with Crippen LogP contribution in [0.2, 0.25) is 22.2 Å². The molecule has 2 aromatic rings. The number of fused-ring (bicyclic) bond motifs is 7. The van der Waals surface area contributed by atoms with Crippen molar-refractivity contribution in [3.05, 3.63) is 12.2 Å². The molecule has 3 aliphatic heterocycles. The van der Waals surface area contributed by atoms with Gasteiger partial charge >= 0.3 is 17.1 Å². The number of ether oxygens (including phenoxy) is 1. The number of aryl methyl sites for hydroxylation is 1. The zero-order valence-corrected chi connectivity index (χ0v) is 24.7. The molecule has 200 valence electrons. The fraction of sp³-hybridized carbons (Fsp3) is 0.792. The second-order valence-electron chi connectivity index (χ2n) is 11.9. The van der Waals surface area contributed by atoms with Gasteiger partial charge in [-0.1, -0.05) is 55.4 Å². The normalized spacial score (nSPS) is 31.5. The van der Waals surface area contributed by atoms with Gasteiger partial charge in [-0.05, 0) is 28.6 Å². The van der Waals surface area contributed by atoms with E-state index in [0.717, 1.165) is 5.82 Å². The minimum Gasteiger partial charge on any atom is -0.414 e. The average molecular weight is 536 g/mol. The second-order valence-corrected chi connectivity index (χ2v) is 20.7. The van der Waals surface area contributed by atoms with Crippen LogP contribution in [0.4, 0.5) is 5.82 Å². The lowest BCUT2D eigenvalue weighted by Crippen LogP contribution is -2.67. The lowest BCUT2D eigenvalue weighted by Gasteiger charge is -2.52. The summed E-state index contributed by atoms with van der Waals surface area (Å²) >= 11 is 0. The lowest BCUT2D eigenvalue weighted by atomic mass is 9.86. The summed E-state index contributed by atoms with van der Waals surface area (Å²) in [5, 5.41) is 12.3. The van der Waals surface area contributed by atoms with Crippen molar-refractivity contribution >= 4 is 34.1 Å². The Morgan fingerprint density at radius 2 is 1.67 bits per heavy atom. The highest BCUT2D eigenvalue weighted by Gasteiger charge is 2.66. The molecule has 4 atom stereocenters. The molecule has 2 saturated heterocycles. The van der Waals surface area contributed by atoms with Gasteiger partial charge < -0.3 is 28.5 Å². The van der Waals surface area contributed by atoms with E-state index >= 15 is 0 Å². The Morgan fingerprint density at radius 3 is 2.28 bits per heavy atom. The maximum Gasteiger partial charge on any atom is 0.335 e. The van der Waals surface area contributed by atoms with Gasteiger partial charge in [-0.2, -0.15) is 0 Å². The Kier molecular flexibility index (Phi) is 6.42. The summed E-state index contributed by atoms with van der Waals surface area (Å²) in [5.74, 6) is 1.10. The first-order valence-electron chi connectivity index (χ1n) is 13.2. The molecular weight excluding hydrogens is 494 g/mol. The molecule has 0 aromatic carbocycles. The number of aliphatic hydroxyl groups is 1. The number of anilines is 1. The van der Waals surface area contributed by atoms with Gasteiger partial charge in [0.25, 0.3) is 0 Å². The van der Waals surface area contributed by atoms with Crippen LogP contribution in [0.25, 0.3) is 11.2 Å². The van der Waals surface area contributed by atoms with Crippen molar-refractivity contribution < 1.29 is 22.8 Å². The van der Waals surface area contributed by atoms with Gasteiger partial charge in [-0.3, -0.25) is 4.57 Å². The van der Waals surface area contributed by atoms with Crippen molar-refractivity contribution in [3.8, 4) is 0 Å². The van der Waals surface area contributed by atoms with Crippen molar-refractivity contribution in [1.82, 2.24) is 19.5 Å². The van der Waals surface area contributed by atoms with Crippen LogP contribution in [0, 0.1) is 0 Å². The van der Waals surface area contributed by atoms with Gasteiger partial charge in [0.2, 0.25) is 0 Å². The van der Waals surface area contributed by atoms with Crippen molar-refractivity contribution in [2.24, 2.45) is 0 Å². The SMILES string of the molecule is CC(C)[Si]1(C(C)C)OC[C@H]2O[C@H]3n4c(nc5c(N)ncnc54)CC[C@@]3(O)[C@@H]2O[Si](C(C)C)(C(C)C)O1. The minimum absolute atomic E-state index is 0.160. The molecule has 2 fully saturated rings. The Morgan fingerprint density at radius 1 is 1.03 bits per heavy atom. The van der Waals surface area contributed by atoms with Crippen LogP contribution in [0.15, 0.2) is 6.33 Å². The number of nitrogens with two attached hydrogens (primary N) is 1. The summed E-state index contributed by atoms with van der Waals surface area (Å²) in [6, 6.07) is 0. The number of hydrogen-bond acceptors (Lipinski definition) is 9. The molecule has 0 aliphatic carbocycles. The van der Waals surface area contributed by atoms with Gasteiger partial charge in [-0.25, -0.2) is 15.0 Å². The average Bonchev–Trinajstić information content (AvgIpc) is 3.29. The summed E-state index contributed by atoms with van der Waals surface area (Å²) in [7, 11) is -5.61. The topological polar surface area (TPSA) is 127 Å². The molecule has 3 N–H and O–H groups in total. The third-order valence-electron chi connectivity index (χ3n) is 8.45. The Balaban J connectivity index is 1.64. The Bertz CT molecular complexity index is 1130. The molecule has 0 radical (unpaired) electrons. The zero-order chi connectivity index (χ0) is 26.2. The van der Waals surface area contributed by atoms with Crippen molar-refractivity contribution in [2.75, 3.05) is 12.3 Å². The summed E-state index contributed by atoms with van der Waals surface area (Å²) in [4.78, 5) is 13.2. The largest absolute Gasteiger partial charge is 0.414 e. The molecule has 0 spiro atoms. The van der Waals surface area contributed by atoms with Crippen molar-refractivity contribution in [3.63, 3.8) is 0 Å². The summed E-state index contributed by atoms with van der Waals surface area (Å²) in [5.41, 5.74) is 6.71. The predicted molar refractivity (Wildman–Crippen MR) is 141 cm³/mol. The van der Waals surface area contributed by atoms with E-state index < -0.39 is 41.2 Å². The van der Waals surface area contributed by atoms with Crippen LogP contribution >= 0.6 is 0 Å². The smallest absolute Gasteiger partial charge is 0.335 e. The van der Waals surface area contributed by atoms with Gasteiger partial charge in [0.15, 0.2) is 23.2 Å².